The van der Waals surface area contributed by atoms with Crippen LogP contribution in [0.5, 0.6) is 5.75 Å². The lowest BCUT2D eigenvalue weighted by Crippen LogP contribution is -2.14. The van der Waals surface area contributed by atoms with E-state index in [1.54, 1.807) is 12.1 Å². The van der Waals surface area contributed by atoms with Gasteiger partial charge in [0.05, 0.1) is 13.0 Å². The van der Waals surface area contributed by atoms with Crippen LogP contribution in [0.3, 0.4) is 0 Å². The number of nitrogens with one attached hydrogen (secondary N) is 1. The predicted molar refractivity (Wildman–Crippen MR) is 106 cm³/mol. The molecule has 0 aliphatic carbocycles. The van der Waals surface area contributed by atoms with E-state index in [0.29, 0.717) is 18.1 Å². The average molecular weight is 366 g/mol. The van der Waals surface area contributed by atoms with Gasteiger partial charge in [0.2, 0.25) is 5.91 Å². The van der Waals surface area contributed by atoms with Gasteiger partial charge in [0.15, 0.2) is 0 Å². The quantitative estimate of drug-likeness (QED) is 0.629. The minimum absolute atomic E-state index is 0.0752. The molecule has 0 aromatic heterocycles. The minimum Gasteiger partial charge on any atom is -0.493 e. The first-order chi connectivity index (χ1) is 12.7. The molecule has 3 nitrogen and oxygen atoms in total. The number of amides is 1. The fourth-order valence-corrected chi connectivity index (χ4v) is 2.71. The molecule has 0 spiro atoms. The molecule has 0 atom stereocenters. The second-order valence-electron chi connectivity index (χ2n) is 5.96. The Hall–Kier alpha value is -2.78. The van der Waals surface area contributed by atoms with Gasteiger partial charge in [-0.2, -0.15) is 0 Å². The van der Waals surface area contributed by atoms with Crippen molar-refractivity contribution in [1.29, 1.82) is 0 Å². The van der Waals surface area contributed by atoms with E-state index in [9.17, 15) is 4.79 Å². The molecular weight excluding hydrogens is 346 g/mol. The molecule has 3 aromatic carbocycles. The molecule has 1 N–H and O–H groups in total. The first-order valence-electron chi connectivity index (χ1n) is 8.50. The van der Waals surface area contributed by atoms with Crippen molar-refractivity contribution in [3.8, 4) is 5.75 Å². The number of hydrogen-bond acceptors (Lipinski definition) is 2. The SMILES string of the molecule is O=C(Cc1ccc(Cl)cc1)Nc1cccc(OCCc2ccccc2)c1. The first kappa shape index (κ1) is 18.0. The Kier molecular flexibility index (Phi) is 6.29. The Labute approximate surface area is 158 Å². The summed E-state index contributed by atoms with van der Waals surface area (Å²) in [5, 5.41) is 3.56. The maximum absolute atomic E-state index is 12.2. The molecule has 0 bridgehead atoms. The molecule has 0 fully saturated rings. The Morgan fingerprint density at radius 2 is 1.65 bits per heavy atom. The monoisotopic (exact) mass is 365 g/mol. The van der Waals surface area contributed by atoms with Gasteiger partial charge in [0.25, 0.3) is 0 Å². The van der Waals surface area contributed by atoms with E-state index in [1.807, 2.05) is 54.6 Å². The van der Waals surface area contributed by atoms with Gasteiger partial charge in [-0.15, -0.1) is 0 Å². The Balaban J connectivity index is 1.51. The Morgan fingerprint density at radius 1 is 0.885 bits per heavy atom. The summed E-state index contributed by atoms with van der Waals surface area (Å²) >= 11 is 5.86. The van der Waals surface area contributed by atoms with Crippen LogP contribution in [0.2, 0.25) is 5.02 Å². The standard InChI is InChI=1S/C22H20ClNO2/c23-19-11-9-18(10-12-19)15-22(25)24-20-7-4-8-21(16-20)26-14-13-17-5-2-1-3-6-17/h1-12,16H,13-15H2,(H,24,25). The second kappa shape index (κ2) is 9.07. The number of hydrogen-bond donors (Lipinski definition) is 1. The van der Waals surface area contributed by atoms with Crippen LogP contribution in [0.4, 0.5) is 5.69 Å². The fraction of sp³-hybridized carbons (Fsp3) is 0.136. The van der Waals surface area contributed by atoms with Crippen LogP contribution in [0.25, 0.3) is 0 Å². The van der Waals surface area contributed by atoms with Crippen molar-refractivity contribution in [3.63, 3.8) is 0 Å². The van der Waals surface area contributed by atoms with E-state index in [-0.39, 0.29) is 5.91 Å². The van der Waals surface area contributed by atoms with Gasteiger partial charge in [0, 0.05) is 23.2 Å². The van der Waals surface area contributed by atoms with E-state index in [0.717, 1.165) is 23.4 Å². The lowest BCUT2D eigenvalue weighted by Gasteiger charge is -2.09. The topological polar surface area (TPSA) is 38.3 Å². The summed E-state index contributed by atoms with van der Waals surface area (Å²) in [5.74, 6) is 0.666. The smallest absolute Gasteiger partial charge is 0.228 e. The highest BCUT2D eigenvalue weighted by molar-refractivity contribution is 6.30. The van der Waals surface area contributed by atoms with Crippen LogP contribution in [0, 0.1) is 0 Å². The van der Waals surface area contributed by atoms with Crippen LogP contribution in [0.1, 0.15) is 11.1 Å². The third-order valence-corrected chi connectivity index (χ3v) is 4.15. The maximum atomic E-state index is 12.2. The van der Waals surface area contributed by atoms with E-state index in [1.165, 1.54) is 5.56 Å². The molecule has 3 aromatic rings. The molecule has 4 heteroatoms. The number of rotatable bonds is 7. The van der Waals surface area contributed by atoms with E-state index < -0.39 is 0 Å². The van der Waals surface area contributed by atoms with Crippen LogP contribution in [0.15, 0.2) is 78.9 Å². The fourth-order valence-electron chi connectivity index (χ4n) is 2.59. The van der Waals surface area contributed by atoms with E-state index in [4.69, 9.17) is 16.3 Å². The maximum Gasteiger partial charge on any atom is 0.228 e. The third kappa shape index (κ3) is 5.64. The zero-order valence-corrected chi connectivity index (χ0v) is 15.1. The lowest BCUT2D eigenvalue weighted by atomic mass is 10.1. The van der Waals surface area contributed by atoms with E-state index >= 15 is 0 Å². The van der Waals surface area contributed by atoms with Gasteiger partial charge < -0.3 is 10.1 Å². The first-order valence-corrected chi connectivity index (χ1v) is 8.88. The zero-order chi connectivity index (χ0) is 18.2. The highest BCUT2D eigenvalue weighted by Gasteiger charge is 2.05. The van der Waals surface area contributed by atoms with Crippen molar-refractivity contribution in [2.45, 2.75) is 12.8 Å². The number of halogens is 1. The molecule has 0 saturated heterocycles. The second-order valence-corrected chi connectivity index (χ2v) is 6.40. The molecule has 0 unspecified atom stereocenters. The number of carbonyl (C=O) groups excluding carboxylic acids is 1. The van der Waals surface area contributed by atoms with Gasteiger partial charge in [-0.3, -0.25) is 4.79 Å². The lowest BCUT2D eigenvalue weighted by molar-refractivity contribution is -0.115. The van der Waals surface area contributed by atoms with Crippen LogP contribution < -0.4 is 10.1 Å². The summed E-state index contributed by atoms with van der Waals surface area (Å²) in [4.78, 5) is 12.2. The molecule has 0 saturated carbocycles. The summed E-state index contributed by atoms with van der Waals surface area (Å²) < 4.78 is 5.80. The minimum atomic E-state index is -0.0752. The number of benzene rings is 3. The molecule has 3 rings (SSSR count). The normalized spacial score (nSPS) is 10.3. The van der Waals surface area contributed by atoms with Crippen molar-refractivity contribution >= 4 is 23.2 Å². The van der Waals surface area contributed by atoms with Crippen molar-refractivity contribution in [1.82, 2.24) is 0 Å². The summed E-state index contributed by atoms with van der Waals surface area (Å²) in [6.07, 6.45) is 1.14. The third-order valence-electron chi connectivity index (χ3n) is 3.90. The molecule has 0 aliphatic heterocycles. The summed E-state index contributed by atoms with van der Waals surface area (Å²) in [5.41, 5.74) is 2.88. The molecule has 26 heavy (non-hydrogen) atoms. The van der Waals surface area contributed by atoms with Crippen molar-refractivity contribution in [2.75, 3.05) is 11.9 Å². The summed E-state index contributed by atoms with van der Waals surface area (Å²) in [6, 6.07) is 24.9. The molecule has 132 valence electrons. The van der Waals surface area contributed by atoms with Gasteiger partial charge in [-0.25, -0.2) is 0 Å². The molecule has 0 heterocycles. The summed E-state index contributed by atoms with van der Waals surface area (Å²) in [6.45, 7) is 0.589. The van der Waals surface area contributed by atoms with Gasteiger partial charge in [-0.05, 0) is 35.4 Å². The molecular formula is C22H20ClNO2. The van der Waals surface area contributed by atoms with Crippen molar-refractivity contribution in [3.05, 3.63) is 95.0 Å². The van der Waals surface area contributed by atoms with Crippen LogP contribution >= 0.6 is 11.6 Å². The van der Waals surface area contributed by atoms with Gasteiger partial charge >= 0.3 is 0 Å². The summed E-state index contributed by atoms with van der Waals surface area (Å²) in [7, 11) is 0. The predicted octanol–water partition coefficient (Wildman–Crippen LogP) is 5.14. The van der Waals surface area contributed by atoms with Crippen molar-refractivity contribution in [2.24, 2.45) is 0 Å². The van der Waals surface area contributed by atoms with E-state index in [2.05, 4.69) is 17.4 Å². The number of anilines is 1. The van der Waals surface area contributed by atoms with Crippen molar-refractivity contribution < 1.29 is 9.53 Å². The van der Waals surface area contributed by atoms with Crippen LogP contribution in [-0.2, 0) is 17.6 Å². The molecule has 0 aliphatic rings. The highest BCUT2D eigenvalue weighted by Crippen LogP contribution is 2.18. The van der Waals surface area contributed by atoms with Gasteiger partial charge in [-0.1, -0.05) is 60.1 Å². The average Bonchev–Trinajstić information content (AvgIpc) is 2.65. The number of ether oxygens (including phenoxy) is 1. The Bertz CT molecular complexity index is 848. The zero-order valence-electron chi connectivity index (χ0n) is 14.3. The highest BCUT2D eigenvalue weighted by atomic mass is 35.5. The van der Waals surface area contributed by atoms with Gasteiger partial charge in [0.1, 0.15) is 5.75 Å². The van der Waals surface area contributed by atoms with Crippen LogP contribution in [-0.4, -0.2) is 12.5 Å². The number of carbonyl (C=O) groups is 1. The Morgan fingerprint density at radius 3 is 2.42 bits per heavy atom. The molecule has 0 radical (unpaired) electrons. The molecule has 1 amide bonds. The largest absolute Gasteiger partial charge is 0.493 e.